The SMILES string of the molecule is NCc1nnc2c3cc(-c4ccccc4)c(-c4ccc(CN5CCC(c6nc(-c7ccccn7)n[nH]6)CC5)cc4)nc3ccn12. The minimum atomic E-state index is 0.322. The smallest absolute Gasteiger partial charge is 0.199 e. The number of pyridine rings is 3. The molecule has 5 aromatic heterocycles. The van der Waals surface area contributed by atoms with Gasteiger partial charge in [-0.3, -0.25) is 19.4 Å². The van der Waals surface area contributed by atoms with Crippen LogP contribution in [0.4, 0.5) is 0 Å². The second-order valence-electron chi connectivity index (χ2n) is 11.5. The second-order valence-corrected chi connectivity index (χ2v) is 11.5. The number of H-pyrrole nitrogens is 1. The Balaban J connectivity index is 1.01. The van der Waals surface area contributed by atoms with Crippen LogP contribution in [-0.4, -0.2) is 57.7 Å². The molecule has 1 aliphatic heterocycles. The standard InChI is InChI=1S/C35H32N10/c36-21-31-40-43-35-28-20-27(24-6-2-1-3-7-24)32(38-29(28)15-19-45(31)35)25-11-9-23(10-12-25)22-44-17-13-26(14-18-44)33-39-34(42-41-33)30-8-4-5-16-37-30/h1-12,15-16,19-20,26H,13-14,17-18,21-22,36H2,(H,39,41,42). The van der Waals surface area contributed by atoms with Crippen molar-refractivity contribution in [2.75, 3.05) is 13.1 Å². The Hall–Kier alpha value is -5.32. The van der Waals surface area contributed by atoms with Gasteiger partial charge in [0, 0.05) is 41.4 Å². The van der Waals surface area contributed by atoms with Gasteiger partial charge in [0.1, 0.15) is 11.5 Å². The van der Waals surface area contributed by atoms with E-state index in [1.165, 1.54) is 5.56 Å². The van der Waals surface area contributed by atoms with Gasteiger partial charge in [-0.15, -0.1) is 10.2 Å². The predicted molar refractivity (Wildman–Crippen MR) is 174 cm³/mol. The molecule has 10 heteroatoms. The molecule has 0 radical (unpaired) electrons. The number of nitrogens with two attached hydrogens (primary N) is 1. The van der Waals surface area contributed by atoms with Gasteiger partial charge in [-0.25, -0.2) is 9.97 Å². The number of hydrogen-bond acceptors (Lipinski definition) is 8. The van der Waals surface area contributed by atoms with Crippen LogP contribution in [0.1, 0.15) is 36.0 Å². The summed E-state index contributed by atoms with van der Waals surface area (Å²) in [5, 5.41) is 17.2. The molecule has 1 aliphatic rings. The van der Waals surface area contributed by atoms with Gasteiger partial charge in [0.05, 0.1) is 17.8 Å². The lowest BCUT2D eigenvalue weighted by Crippen LogP contribution is -2.32. The highest BCUT2D eigenvalue weighted by atomic mass is 15.3. The number of nitrogens with one attached hydrogen (secondary N) is 1. The Bertz CT molecular complexity index is 2080. The number of likely N-dealkylation sites (tertiary alicyclic amines) is 1. The molecule has 0 unspecified atom stereocenters. The average molecular weight is 593 g/mol. The fraction of sp³-hybridized carbons (Fsp3) is 0.200. The fourth-order valence-electron chi connectivity index (χ4n) is 6.30. The number of benzene rings is 2. The van der Waals surface area contributed by atoms with E-state index < -0.39 is 0 Å². The molecular weight excluding hydrogens is 560 g/mol. The monoisotopic (exact) mass is 592 g/mol. The van der Waals surface area contributed by atoms with E-state index in [1.807, 2.05) is 40.9 Å². The van der Waals surface area contributed by atoms with Crippen LogP contribution in [0.3, 0.4) is 0 Å². The summed E-state index contributed by atoms with van der Waals surface area (Å²) in [6.07, 6.45) is 5.81. The second kappa shape index (κ2) is 11.6. The van der Waals surface area contributed by atoms with E-state index in [4.69, 9.17) is 15.7 Å². The van der Waals surface area contributed by atoms with Crippen LogP contribution >= 0.6 is 0 Å². The Morgan fingerprint density at radius 3 is 2.44 bits per heavy atom. The van der Waals surface area contributed by atoms with Crippen LogP contribution in [0.25, 0.3) is 50.5 Å². The van der Waals surface area contributed by atoms with E-state index in [0.29, 0.717) is 18.3 Å². The van der Waals surface area contributed by atoms with Gasteiger partial charge in [-0.05, 0) is 61.3 Å². The van der Waals surface area contributed by atoms with Crippen molar-refractivity contribution in [2.24, 2.45) is 5.73 Å². The molecule has 0 saturated carbocycles. The molecule has 1 fully saturated rings. The summed E-state index contributed by atoms with van der Waals surface area (Å²) in [4.78, 5) is 16.8. The predicted octanol–water partition coefficient (Wildman–Crippen LogP) is 5.63. The van der Waals surface area contributed by atoms with Crippen LogP contribution in [0.5, 0.6) is 0 Å². The van der Waals surface area contributed by atoms with E-state index in [-0.39, 0.29) is 0 Å². The molecule has 10 nitrogen and oxygen atoms in total. The molecular formula is C35H32N10. The third kappa shape index (κ3) is 5.24. The van der Waals surface area contributed by atoms with E-state index in [2.05, 4.69) is 84.9 Å². The Morgan fingerprint density at radius 2 is 1.67 bits per heavy atom. The molecule has 6 heterocycles. The van der Waals surface area contributed by atoms with Crippen molar-refractivity contribution in [1.82, 2.24) is 44.6 Å². The first-order valence-corrected chi connectivity index (χ1v) is 15.3. The Kier molecular flexibility index (Phi) is 7.05. The molecule has 0 atom stereocenters. The van der Waals surface area contributed by atoms with Crippen molar-refractivity contribution in [3.63, 3.8) is 0 Å². The lowest BCUT2D eigenvalue weighted by molar-refractivity contribution is 0.202. The minimum absolute atomic E-state index is 0.322. The maximum Gasteiger partial charge on any atom is 0.199 e. The van der Waals surface area contributed by atoms with Crippen LogP contribution in [-0.2, 0) is 13.1 Å². The number of fused-ring (bicyclic) bond motifs is 3. The largest absolute Gasteiger partial charge is 0.324 e. The highest BCUT2D eigenvalue weighted by Gasteiger charge is 2.24. The van der Waals surface area contributed by atoms with Gasteiger partial charge in [-0.2, -0.15) is 5.10 Å². The summed E-state index contributed by atoms with van der Waals surface area (Å²) < 4.78 is 1.95. The van der Waals surface area contributed by atoms with Crippen molar-refractivity contribution in [2.45, 2.75) is 31.8 Å². The average Bonchev–Trinajstić information content (AvgIpc) is 3.77. The summed E-state index contributed by atoms with van der Waals surface area (Å²) in [6, 6.07) is 29.2. The molecule has 0 spiro atoms. The topological polar surface area (TPSA) is 127 Å². The Morgan fingerprint density at radius 1 is 0.844 bits per heavy atom. The summed E-state index contributed by atoms with van der Waals surface area (Å²) >= 11 is 0. The molecule has 8 rings (SSSR count). The highest BCUT2D eigenvalue weighted by Crippen LogP contribution is 2.35. The molecule has 0 aliphatic carbocycles. The van der Waals surface area contributed by atoms with Gasteiger partial charge in [-0.1, -0.05) is 60.7 Å². The van der Waals surface area contributed by atoms with Gasteiger partial charge in [0.25, 0.3) is 0 Å². The molecule has 3 N–H and O–H groups in total. The fourth-order valence-corrected chi connectivity index (χ4v) is 6.30. The summed E-state index contributed by atoms with van der Waals surface area (Å²) in [7, 11) is 0. The lowest BCUT2D eigenvalue weighted by Gasteiger charge is -2.31. The van der Waals surface area contributed by atoms with Crippen molar-refractivity contribution in [3.05, 3.63) is 115 Å². The van der Waals surface area contributed by atoms with Crippen LogP contribution in [0, 0.1) is 0 Å². The molecule has 2 aromatic carbocycles. The van der Waals surface area contributed by atoms with Crippen molar-refractivity contribution in [3.8, 4) is 33.9 Å². The number of hydrogen-bond donors (Lipinski definition) is 2. The van der Waals surface area contributed by atoms with Crippen molar-refractivity contribution >= 4 is 16.6 Å². The third-order valence-corrected chi connectivity index (χ3v) is 8.71. The highest BCUT2D eigenvalue weighted by molar-refractivity contribution is 5.98. The number of piperidine rings is 1. The maximum absolute atomic E-state index is 5.90. The zero-order chi connectivity index (χ0) is 30.2. The van der Waals surface area contributed by atoms with Gasteiger partial charge >= 0.3 is 0 Å². The normalized spacial score (nSPS) is 14.4. The number of aromatic amines is 1. The van der Waals surface area contributed by atoms with Crippen molar-refractivity contribution in [1.29, 1.82) is 0 Å². The van der Waals surface area contributed by atoms with E-state index in [1.54, 1.807) is 6.20 Å². The van der Waals surface area contributed by atoms with Gasteiger partial charge in [0.15, 0.2) is 17.3 Å². The van der Waals surface area contributed by atoms with Crippen LogP contribution in [0.15, 0.2) is 97.3 Å². The van der Waals surface area contributed by atoms with E-state index in [0.717, 1.165) is 88.8 Å². The quantitative estimate of drug-likeness (QED) is 0.244. The molecule has 0 amide bonds. The zero-order valence-corrected chi connectivity index (χ0v) is 24.7. The van der Waals surface area contributed by atoms with Gasteiger partial charge in [0.2, 0.25) is 0 Å². The first-order valence-electron chi connectivity index (χ1n) is 15.3. The summed E-state index contributed by atoms with van der Waals surface area (Å²) in [5.74, 6) is 2.73. The lowest BCUT2D eigenvalue weighted by atomic mass is 9.95. The number of nitrogens with zero attached hydrogens (tertiary/aromatic N) is 8. The van der Waals surface area contributed by atoms with Gasteiger partial charge < -0.3 is 5.73 Å². The van der Waals surface area contributed by atoms with Crippen LogP contribution in [0.2, 0.25) is 0 Å². The first-order chi connectivity index (χ1) is 22.2. The molecule has 7 aromatic rings. The molecule has 222 valence electrons. The third-order valence-electron chi connectivity index (χ3n) is 8.71. The molecule has 45 heavy (non-hydrogen) atoms. The molecule has 1 saturated heterocycles. The van der Waals surface area contributed by atoms with Crippen LogP contribution < -0.4 is 5.73 Å². The summed E-state index contributed by atoms with van der Waals surface area (Å²) in [5.41, 5.74) is 13.8. The Labute approximate surface area is 260 Å². The number of rotatable bonds is 7. The van der Waals surface area contributed by atoms with E-state index >= 15 is 0 Å². The molecule has 0 bridgehead atoms. The first kappa shape index (κ1) is 27.2. The number of aromatic nitrogens is 8. The van der Waals surface area contributed by atoms with E-state index in [9.17, 15) is 0 Å². The maximum atomic E-state index is 5.90. The van der Waals surface area contributed by atoms with Crippen molar-refractivity contribution < 1.29 is 0 Å². The summed E-state index contributed by atoms with van der Waals surface area (Å²) in [6.45, 7) is 3.26. The minimum Gasteiger partial charge on any atom is -0.324 e. The zero-order valence-electron chi connectivity index (χ0n) is 24.7.